The summed E-state index contributed by atoms with van der Waals surface area (Å²) in [5.74, 6) is 0. The Kier molecular flexibility index (Phi) is 3.10. The van der Waals surface area contributed by atoms with E-state index in [1.807, 2.05) is 0 Å². The van der Waals surface area contributed by atoms with Gasteiger partial charge in [-0.05, 0) is 39.8 Å². The van der Waals surface area contributed by atoms with Gasteiger partial charge in [-0.3, -0.25) is 4.90 Å². The van der Waals surface area contributed by atoms with Crippen molar-refractivity contribution in [2.45, 2.75) is 44.3 Å². The number of rotatable bonds is 2. The number of likely N-dealkylation sites (tertiary alicyclic amines) is 2. The smallest absolute Gasteiger partial charge is 0.0241 e. The number of hydrogen-bond donors (Lipinski definition) is 1. The van der Waals surface area contributed by atoms with E-state index in [1.54, 1.807) is 0 Å². The number of likely N-dealkylation sites (N-methyl/N-ethyl adjacent to an activating group) is 1. The van der Waals surface area contributed by atoms with Crippen molar-refractivity contribution in [3.63, 3.8) is 0 Å². The van der Waals surface area contributed by atoms with Gasteiger partial charge in [0.1, 0.15) is 0 Å². The normalized spacial score (nSPS) is 40.9. The second-order valence-electron chi connectivity index (χ2n) is 4.95. The molecule has 0 aromatic carbocycles. The van der Waals surface area contributed by atoms with Gasteiger partial charge < -0.3 is 10.6 Å². The average molecular weight is 197 g/mol. The van der Waals surface area contributed by atoms with Crippen molar-refractivity contribution in [1.29, 1.82) is 0 Å². The lowest BCUT2D eigenvalue weighted by atomic mass is 10.1. The first-order chi connectivity index (χ1) is 6.72. The molecule has 14 heavy (non-hydrogen) atoms. The van der Waals surface area contributed by atoms with E-state index < -0.39 is 0 Å². The Hall–Kier alpha value is -0.120. The summed E-state index contributed by atoms with van der Waals surface area (Å²) < 4.78 is 0. The molecule has 0 aliphatic carbocycles. The molecule has 0 amide bonds. The zero-order valence-corrected chi connectivity index (χ0v) is 9.45. The molecule has 2 fully saturated rings. The van der Waals surface area contributed by atoms with Gasteiger partial charge in [0.05, 0.1) is 0 Å². The first-order valence-corrected chi connectivity index (χ1v) is 5.88. The second kappa shape index (κ2) is 4.17. The van der Waals surface area contributed by atoms with E-state index in [9.17, 15) is 0 Å². The van der Waals surface area contributed by atoms with Crippen LogP contribution in [0.3, 0.4) is 0 Å². The van der Waals surface area contributed by atoms with E-state index in [2.05, 4.69) is 23.8 Å². The SMILES string of the molecule is CC1CC(N2CCCC2CN)CN1C. The molecule has 2 saturated heterocycles. The van der Waals surface area contributed by atoms with Gasteiger partial charge in [-0.15, -0.1) is 0 Å². The molecular formula is C11H23N3. The summed E-state index contributed by atoms with van der Waals surface area (Å²) in [4.78, 5) is 5.12. The largest absolute Gasteiger partial charge is 0.329 e. The maximum absolute atomic E-state index is 5.81. The Labute approximate surface area is 87.2 Å². The van der Waals surface area contributed by atoms with Crippen molar-refractivity contribution in [1.82, 2.24) is 9.80 Å². The minimum atomic E-state index is 0.665. The van der Waals surface area contributed by atoms with Crippen LogP contribution in [-0.2, 0) is 0 Å². The molecule has 2 N–H and O–H groups in total. The van der Waals surface area contributed by atoms with Crippen LogP contribution in [0.25, 0.3) is 0 Å². The van der Waals surface area contributed by atoms with Crippen LogP contribution in [0.2, 0.25) is 0 Å². The third kappa shape index (κ3) is 1.81. The standard InChI is InChI=1S/C11H23N3/c1-9-6-11(8-13(9)2)14-5-3-4-10(14)7-12/h9-11H,3-8,12H2,1-2H3. The lowest BCUT2D eigenvalue weighted by molar-refractivity contribution is 0.185. The topological polar surface area (TPSA) is 32.5 Å². The zero-order chi connectivity index (χ0) is 10.1. The highest BCUT2D eigenvalue weighted by molar-refractivity contribution is 4.92. The van der Waals surface area contributed by atoms with E-state index in [0.717, 1.165) is 18.6 Å². The Morgan fingerprint density at radius 2 is 2.21 bits per heavy atom. The molecule has 3 heteroatoms. The fraction of sp³-hybridized carbons (Fsp3) is 1.00. The van der Waals surface area contributed by atoms with Crippen LogP contribution in [0.15, 0.2) is 0 Å². The average Bonchev–Trinajstić information content (AvgIpc) is 2.73. The molecular weight excluding hydrogens is 174 g/mol. The first-order valence-electron chi connectivity index (χ1n) is 5.88. The highest BCUT2D eigenvalue weighted by atomic mass is 15.3. The fourth-order valence-corrected chi connectivity index (χ4v) is 2.99. The summed E-state index contributed by atoms with van der Waals surface area (Å²) in [5.41, 5.74) is 5.81. The van der Waals surface area contributed by atoms with Gasteiger partial charge in [-0.25, -0.2) is 0 Å². The summed E-state index contributed by atoms with van der Waals surface area (Å²) in [5, 5.41) is 0. The summed E-state index contributed by atoms with van der Waals surface area (Å²) in [6, 6.07) is 2.18. The molecule has 0 aromatic rings. The maximum Gasteiger partial charge on any atom is 0.0241 e. The van der Waals surface area contributed by atoms with Crippen molar-refractivity contribution >= 4 is 0 Å². The fourth-order valence-electron chi connectivity index (χ4n) is 2.99. The van der Waals surface area contributed by atoms with Crippen LogP contribution in [-0.4, -0.2) is 54.6 Å². The van der Waals surface area contributed by atoms with Gasteiger partial charge in [0.25, 0.3) is 0 Å². The highest BCUT2D eigenvalue weighted by Crippen LogP contribution is 2.26. The van der Waals surface area contributed by atoms with Crippen molar-refractivity contribution < 1.29 is 0 Å². The predicted octanol–water partition coefficient (Wildman–Crippen LogP) is 0.502. The molecule has 2 aliphatic heterocycles. The van der Waals surface area contributed by atoms with E-state index >= 15 is 0 Å². The van der Waals surface area contributed by atoms with Crippen LogP contribution in [0.1, 0.15) is 26.2 Å². The van der Waals surface area contributed by atoms with Crippen molar-refractivity contribution in [2.75, 3.05) is 26.7 Å². The van der Waals surface area contributed by atoms with Gasteiger partial charge in [0, 0.05) is 31.2 Å². The third-order valence-electron chi connectivity index (χ3n) is 4.03. The zero-order valence-electron chi connectivity index (χ0n) is 9.45. The van der Waals surface area contributed by atoms with Gasteiger partial charge in [-0.1, -0.05) is 0 Å². The van der Waals surface area contributed by atoms with E-state index in [1.165, 1.54) is 32.4 Å². The van der Waals surface area contributed by atoms with Gasteiger partial charge >= 0.3 is 0 Å². The number of nitrogens with zero attached hydrogens (tertiary/aromatic N) is 2. The van der Waals surface area contributed by atoms with Gasteiger partial charge in [0.15, 0.2) is 0 Å². The molecule has 2 rings (SSSR count). The van der Waals surface area contributed by atoms with E-state index in [-0.39, 0.29) is 0 Å². The molecule has 2 aliphatic rings. The molecule has 3 unspecified atom stereocenters. The molecule has 3 atom stereocenters. The third-order valence-corrected chi connectivity index (χ3v) is 4.03. The Morgan fingerprint density at radius 3 is 2.79 bits per heavy atom. The van der Waals surface area contributed by atoms with Crippen LogP contribution in [0.5, 0.6) is 0 Å². The van der Waals surface area contributed by atoms with E-state index in [4.69, 9.17) is 5.73 Å². The lowest BCUT2D eigenvalue weighted by Gasteiger charge is -2.29. The highest BCUT2D eigenvalue weighted by Gasteiger charge is 2.35. The van der Waals surface area contributed by atoms with Crippen LogP contribution in [0.4, 0.5) is 0 Å². The Balaban J connectivity index is 1.95. The minimum Gasteiger partial charge on any atom is -0.329 e. The molecule has 2 heterocycles. The van der Waals surface area contributed by atoms with E-state index in [0.29, 0.717) is 6.04 Å². The minimum absolute atomic E-state index is 0.665. The first kappa shape index (κ1) is 10.4. The monoisotopic (exact) mass is 197 g/mol. The van der Waals surface area contributed by atoms with Crippen molar-refractivity contribution in [3.05, 3.63) is 0 Å². The summed E-state index contributed by atoms with van der Waals surface area (Å²) >= 11 is 0. The van der Waals surface area contributed by atoms with Crippen LogP contribution in [0, 0.1) is 0 Å². The molecule has 0 aromatic heterocycles. The lowest BCUT2D eigenvalue weighted by Crippen LogP contribution is -2.43. The summed E-state index contributed by atoms with van der Waals surface area (Å²) in [6.07, 6.45) is 3.98. The van der Waals surface area contributed by atoms with Crippen LogP contribution < -0.4 is 5.73 Å². The maximum atomic E-state index is 5.81. The van der Waals surface area contributed by atoms with Crippen LogP contribution >= 0.6 is 0 Å². The number of hydrogen-bond acceptors (Lipinski definition) is 3. The molecule has 0 spiro atoms. The molecule has 0 radical (unpaired) electrons. The van der Waals surface area contributed by atoms with Crippen molar-refractivity contribution in [2.24, 2.45) is 5.73 Å². The Morgan fingerprint density at radius 1 is 1.43 bits per heavy atom. The quantitative estimate of drug-likeness (QED) is 0.700. The Bertz CT molecular complexity index is 185. The molecule has 82 valence electrons. The van der Waals surface area contributed by atoms with Gasteiger partial charge in [0.2, 0.25) is 0 Å². The summed E-state index contributed by atoms with van der Waals surface area (Å²) in [6.45, 7) is 5.67. The van der Waals surface area contributed by atoms with Gasteiger partial charge in [-0.2, -0.15) is 0 Å². The molecule has 0 bridgehead atoms. The molecule has 3 nitrogen and oxygen atoms in total. The molecule has 0 saturated carbocycles. The second-order valence-corrected chi connectivity index (χ2v) is 4.95. The number of nitrogens with two attached hydrogens (primary N) is 1. The predicted molar refractivity (Wildman–Crippen MR) is 59.3 cm³/mol. The summed E-state index contributed by atoms with van der Waals surface area (Å²) in [7, 11) is 2.23. The van der Waals surface area contributed by atoms with Crippen molar-refractivity contribution in [3.8, 4) is 0 Å².